The molecule has 2 aliphatic rings. The Labute approximate surface area is 104 Å². The lowest BCUT2D eigenvalue weighted by molar-refractivity contribution is -0.115. The smallest absolute Gasteiger partial charge is 0.226 e. The number of nitrogens with zero attached hydrogens (tertiary/aromatic N) is 3. The highest BCUT2D eigenvalue weighted by molar-refractivity contribution is 6.28. The first-order chi connectivity index (χ1) is 8.15. The fourth-order valence-corrected chi connectivity index (χ4v) is 2.36. The van der Waals surface area contributed by atoms with Crippen molar-refractivity contribution in [2.24, 2.45) is 0 Å². The van der Waals surface area contributed by atoms with Crippen molar-refractivity contribution < 1.29 is 4.79 Å². The van der Waals surface area contributed by atoms with Crippen LogP contribution in [0.5, 0.6) is 0 Å². The van der Waals surface area contributed by atoms with Gasteiger partial charge in [-0.3, -0.25) is 4.79 Å². The zero-order valence-electron chi connectivity index (χ0n) is 9.53. The van der Waals surface area contributed by atoms with Gasteiger partial charge < -0.3 is 10.2 Å². The summed E-state index contributed by atoms with van der Waals surface area (Å²) in [6.45, 7) is 2.54. The first-order valence-electron chi connectivity index (χ1n) is 5.76. The van der Waals surface area contributed by atoms with Crippen molar-refractivity contribution in [3.05, 3.63) is 11.0 Å². The highest BCUT2D eigenvalue weighted by Gasteiger charge is 2.34. The van der Waals surface area contributed by atoms with Crippen molar-refractivity contribution in [2.75, 3.05) is 16.8 Å². The van der Waals surface area contributed by atoms with E-state index in [9.17, 15) is 4.79 Å². The van der Waals surface area contributed by atoms with Crippen molar-refractivity contribution in [1.29, 1.82) is 0 Å². The zero-order chi connectivity index (χ0) is 12.0. The maximum absolute atomic E-state index is 11.6. The fourth-order valence-electron chi connectivity index (χ4n) is 2.15. The van der Waals surface area contributed by atoms with Gasteiger partial charge in [0.15, 0.2) is 5.82 Å². The normalized spacial score (nSPS) is 19.6. The van der Waals surface area contributed by atoms with E-state index in [0.29, 0.717) is 24.7 Å². The van der Waals surface area contributed by atoms with Gasteiger partial charge in [-0.25, -0.2) is 4.98 Å². The minimum absolute atomic E-state index is 0.0171. The monoisotopic (exact) mass is 252 g/mol. The molecule has 0 bridgehead atoms. The van der Waals surface area contributed by atoms with E-state index < -0.39 is 0 Å². The first kappa shape index (κ1) is 10.8. The van der Waals surface area contributed by atoms with Crippen LogP contribution in [0.4, 0.5) is 11.5 Å². The summed E-state index contributed by atoms with van der Waals surface area (Å²) in [5, 5.41) is 3.11. The molecule has 1 aliphatic carbocycles. The quantitative estimate of drug-likeness (QED) is 0.774. The average molecular weight is 253 g/mol. The third-order valence-electron chi connectivity index (χ3n) is 3.15. The lowest BCUT2D eigenvalue weighted by atomic mass is 10.3. The lowest BCUT2D eigenvalue weighted by Crippen LogP contribution is -2.27. The largest absolute Gasteiger partial charge is 0.351 e. The summed E-state index contributed by atoms with van der Waals surface area (Å²) < 4.78 is 0. The number of anilines is 2. The number of aryl methyl sites for hydroxylation is 1. The van der Waals surface area contributed by atoms with Gasteiger partial charge in [0.1, 0.15) is 5.69 Å². The van der Waals surface area contributed by atoms with E-state index in [2.05, 4.69) is 20.2 Å². The third kappa shape index (κ3) is 1.95. The Morgan fingerprint density at radius 2 is 2.18 bits per heavy atom. The minimum atomic E-state index is 0.0171. The molecule has 0 saturated heterocycles. The van der Waals surface area contributed by atoms with Gasteiger partial charge in [-0.2, -0.15) is 4.98 Å². The van der Waals surface area contributed by atoms with Crippen LogP contribution in [0.2, 0.25) is 5.28 Å². The SMILES string of the molecule is Cc1nc(Cl)nc2c1NC(=O)CCN2C1CC1. The van der Waals surface area contributed by atoms with Crippen molar-refractivity contribution in [3.8, 4) is 0 Å². The molecule has 0 atom stereocenters. The molecule has 1 aromatic heterocycles. The summed E-state index contributed by atoms with van der Waals surface area (Å²) in [4.78, 5) is 22.2. The molecule has 0 radical (unpaired) electrons. The number of nitrogens with one attached hydrogen (secondary N) is 1. The van der Waals surface area contributed by atoms with Gasteiger partial charge in [0.2, 0.25) is 11.2 Å². The van der Waals surface area contributed by atoms with Gasteiger partial charge in [0, 0.05) is 19.0 Å². The fraction of sp³-hybridized carbons (Fsp3) is 0.545. The first-order valence-corrected chi connectivity index (χ1v) is 6.13. The van der Waals surface area contributed by atoms with E-state index >= 15 is 0 Å². The predicted octanol–water partition coefficient (Wildman–Crippen LogP) is 1.75. The Kier molecular flexibility index (Phi) is 2.43. The third-order valence-corrected chi connectivity index (χ3v) is 3.32. The Hall–Kier alpha value is -1.36. The molecule has 1 aromatic rings. The topological polar surface area (TPSA) is 58.1 Å². The molecule has 6 heteroatoms. The van der Waals surface area contributed by atoms with E-state index in [4.69, 9.17) is 11.6 Å². The van der Waals surface area contributed by atoms with Gasteiger partial charge in [0.05, 0.1) is 5.69 Å². The molecule has 1 N–H and O–H groups in total. The van der Waals surface area contributed by atoms with Crippen LogP contribution in [0, 0.1) is 6.92 Å². The number of carbonyl (C=O) groups is 1. The summed E-state index contributed by atoms with van der Waals surface area (Å²) in [5.74, 6) is 0.791. The average Bonchev–Trinajstić information content (AvgIpc) is 3.05. The molecule has 17 heavy (non-hydrogen) atoms. The Morgan fingerprint density at radius 1 is 1.41 bits per heavy atom. The molecule has 0 spiro atoms. The van der Waals surface area contributed by atoms with E-state index in [1.807, 2.05) is 6.92 Å². The second-order valence-electron chi connectivity index (χ2n) is 4.50. The van der Waals surface area contributed by atoms with Crippen molar-refractivity contribution in [2.45, 2.75) is 32.2 Å². The van der Waals surface area contributed by atoms with E-state index in [1.165, 1.54) is 0 Å². The van der Waals surface area contributed by atoms with Crippen LogP contribution < -0.4 is 10.2 Å². The van der Waals surface area contributed by atoms with Crippen LogP contribution >= 0.6 is 11.6 Å². The van der Waals surface area contributed by atoms with Crippen molar-refractivity contribution in [1.82, 2.24) is 9.97 Å². The second kappa shape index (κ2) is 3.84. The van der Waals surface area contributed by atoms with Crippen LogP contribution in [-0.4, -0.2) is 28.5 Å². The number of halogens is 1. The molecule has 0 aromatic carbocycles. The lowest BCUT2D eigenvalue weighted by Gasteiger charge is -2.22. The van der Waals surface area contributed by atoms with Gasteiger partial charge in [0.25, 0.3) is 0 Å². The van der Waals surface area contributed by atoms with Crippen molar-refractivity contribution >= 4 is 29.0 Å². The Morgan fingerprint density at radius 3 is 2.88 bits per heavy atom. The number of aromatic nitrogens is 2. The second-order valence-corrected chi connectivity index (χ2v) is 4.84. The maximum Gasteiger partial charge on any atom is 0.226 e. The highest BCUT2D eigenvalue weighted by Crippen LogP contribution is 2.37. The maximum atomic E-state index is 11.6. The number of hydrogen-bond donors (Lipinski definition) is 1. The Bertz CT molecular complexity index is 487. The summed E-state index contributed by atoms with van der Waals surface area (Å²) in [5.41, 5.74) is 1.43. The number of carbonyl (C=O) groups excluding carboxylic acids is 1. The van der Waals surface area contributed by atoms with Crippen LogP contribution in [0.1, 0.15) is 25.0 Å². The molecule has 5 nitrogen and oxygen atoms in total. The summed E-state index contributed by atoms with van der Waals surface area (Å²) >= 11 is 5.90. The number of rotatable bonds is 1. The standard InChI is InChI=1S/C11H13ClN4O/c1-6-9-10(15-11(12)13-6)16(7-2-3-7)5-4-8(17)14-9/h7H,2-5H2,1H3,(H,14,17). The number of hydrogen-bond acceptors (Lipinski definition) is 4. The summed E-state index contributed by atoms with van der Waals surface area (Å²) in [6, 6.07) is 0.506. The van der Waals surface area contributed by atoms with Gasteiger partial charge >= 0.3 is 0 Å². The van der Waals surface area contributed by atoms with Gasteiger partial charge in [-0.1, -0.05) is 0 Å². The molecule has 1 saturated carbocycles. The van der Waals surface area contributed by atoms with Gasteiger partial charge in [-0.05, 0) is 31.4 Å². The molecule has 90 valence electrons. The minimum Gasteiger partial charge on any atom is -0.351 e. The van der Waals surface area contributed by atoms with Crippen molar-refractivity contribution in [3.63, 3.8) is 0 Å². The predicted molar refractivity (Wildman–Crippen MR) is 65.4 cm³/mol. The number of amides is 1. The van der Waals surface area contributed by atoms with Crippen LogP contribution in [-0.2, 0) is 4.79 Å². The molecule has 1 amide bonds. The molecule has 1 fully saturated rings. The Balaban J connectivity index is 2.11. The molecular weight excluding hydrogens is 240 g/mol. The van der Waals surface area contributed by atoms with Crippen LogP contribution in [0.25, 0.3) is 0 Å². The molecule has 2 heterocycles. The molecule has 3 rings (SSSR count). The number of fused-ring (bicyclic) bond motifs is 1. The summed E-state index contributed by atoms with van der Waals surface area (Å²) in [6.07, 6.45) is 2.81. The van der Waals surface area contributed by atoms with Gasteiger partial charge in [-0.15, -0.1) is 0 Å². The van der Waals surface area contributed by atoms with E-state index in [-0.39, 0.29) is 11.2 Å². The summed E-state index contributed by atoms with van der Waals surface area (Å²) in [7, 11) is 0. The van der Waals surface area contributed by atoms with Crippen LogP contribution in [0.15, 0.2) is 0 Å². The molecule has 0 unspecified atom stereocenters. The van der Waals surface area contributed by atoms with E-state index in [1.54, 1.807) is 0 Å². The zero-order valence-corrected chi connectivity index (χ0v) is 10.3. The molecular formula is C11H13ClN4O. The molecule has 1 aliphatic heterocycles. The van der Waals surface area contributed by atoms with Crippen LogP contribution in [0.3, 0.4) is 0 Å². The highest BCUT2D eigenvalue weighted by atomic mass is 35.5. The van der Waals surface area contributed by atoms with E-state index in [0.717, 1.165) is 24.4 Å².